The summed E-state index contributed by atoms with van der Waals surface area (Å²) in [4.78, 5) is 32.6. The molecule has 1 saturated heterocycles. The summed E-state index contributed by atoms with van der Waals surface area (Å²) in [6.07, 6.45) is 3.85. The molecule has 27 heavy (non-hydrogen) atoms. The van der Waals surface area contributed by atoms with E-state index in [-0.39, 0.29) is 46.4 Å². The van der Waals surface area contributed by atoms with Crippen molar-refractivity contribution in [3.8, 4) is 11.9 Å². The van der Waals surface area contributed by atoms with Gasteiger partial charge >= 0.3 is 0 Å². The summed E-state index contributed by atoms with van der Waals surface area (Å²) >= 11 is 5.80. The van der Waals surface area contributed by atoms with Crippen molar-refractivity contribution in [2.45, 2.75) is 18.9 Å². The van der Waals surface area contributed by atoms with Crippen molar-refractivity contribution in [3.05, 3.63) is 57.0 Å². The molecule has 0 aliphatic carbocycles. The first kappa shape index (κ1) is 18.5. The zero-order valence-electron chi connectivity index (χ0n) is 14.0. The normalized spacial score (nSPS) is 16.4. The van der Waals surface area contributed by atoms with Crippen LogP contribution in [0.25, 0.3) is 0 Å². The molecule has 138 valence electrons. The van der Waals surface area contributed by atoms with Gasteiger partial charge in [0, 0.05) is 30.6 Å². The Balaban J connectivity index is 1.74. The molecule has 0 radical (unpaired) electrons. The van der Waals surface area contributed by atoms with Crippen molar-refractivity contribution in [2.24, 2.45) is 0 Å². The number of rotatable bonds is 4. The van der Waals surface area contributed by atoms with Gasteiger partial charge in [0.2, 0.25) is 5.69 Å². The summed E-state index contributed by atoms with van der Waals surface area (Å²) in [6.45, 7) is 0.775. The zero-order valence-corrected chi connectivity index (χ0v) is 14.8. The van der Waals surface area contributed by atoms with Gasteiger partial charge in [-0.2, -0.15) is 5.26 Å². The van der Waals surface area contributed by atoms with Gasteiger partial charge in [0.1, 0.15) is 17.2 Å². The molecule has 1 aliphatic rings. The number of carbonyl (C=O) groups excluding carboxylic acids is 1. The predicted octanol–water partition coefficient (Wildman–Crippen LogP) is 2.59. The largest absolute Gasteiger partial charge is 0.470 e. The number of nitro benzene ring substituents is 1. The number of aromatic nitrogens is 2. The number of nitriles is 1. The fraction of sp³-hybridized carbons (Fsp3) is 0.294. The molecule has 0 bridgehead atoms. The van der Waals surface area contributed by atoms with Crippen LogP contribution in [0.1, 0.15) is 28.9 Å². The minimum absolute atomic E-state index is 0.0249. The molecule has 1 aromatic heterocycles. The van der Waals surface area contributed by atoms with Gasteiger partial charge < -0.3 is 9.64 Å². The second-order valence-electron chi connectivity index (χ2n) is 5.88. The van der Waals surface area contributed by atoms with E-state index in [9.17, 15) is 14.9 Å². The molecular weight excluding hydrogens is 374 g/mol. The molecule has 2 aromatic rings. The van der Waals surface area contributed by atoms with E-state index >= 15 is 0 Å². The Morgan fingerprint density at radius 1 is 1.41 bits per heavy atom. The minimum Gasteiger partial charge on any atom is -0.470 e. The third-order valence-electron chi connectivity index (χ3n) is 4.10. The lowest BCUT2D eigenvalue weighted by Crippen LogP contribution is -2.44. The highest BCUT2D eigenvalue weighted by molar-refractivity contribution is 6.32. The molecule has 2 heterocycles. The van der Waals surface area contributed by atoms with Crippen LogP contribution in [0.2, 0.25) is 5.02 Å². The van der Waals surface area contributed by atoms with Crippen molar-refractivity contribution < 1.29 is 14.5 Å². The van der Waals surface area contributed by atoms with Crippen LogP contribution in [0.15, 0.2) is 30.6 Å². The smallest absolute Gasteiger partial charge is 0.288 e. The first-order chi connectivity index (χ1) is 13.0. The van der Waals surface area contributed by atoms with Crippen LogP contribution in [0.4, 0.5) is 5.69 Å². The summed E-state index contributed by atoms with van der Waals surface area (Å²) in [6, 6.07) is 5.88. The number of benzene rings is 1. The Labute approximate surface area is 159 Å². The molecule has 1 fully saturated rings. The Bertz CT molecular complexity index is 930. The molecule has 1 unspecified atom stereocenters. The Morgan fingerprint density at radius 3 is 2.93 bits per heavy atom. The van der Waals surface area contributed by atoms with Gasteiger partial charge in [0.05, 0.1) is 11.5 Å². The molecule has 1 amide bonds. The van der Waals surface area contributed by atoms with E-state index in [4.69, 9.17) is 21.6 Å². The van der Waals surface area contributed by atoms with Crippen molar-refractivity contribution in [3.63, 3.8) is 0 Å². The van der Waals surface area contributed by atoms with Crippen molar-refractivity contribution in [2.75, 3.05) is 13.1 Å². The summed E-state index contributed by atoms with van der Waals surface area (Å²) in [5.41, 5.74) is -0.0520. The second kappa shape index (κ2) is 7.97. The summed E-state index contributed by atoms with van der Waals surface area (Å²) in [5, 5.41) is 20.1. The van der Waals surface area contributed by atoms with Crippen LogP contribution in [0.3, 0.4) is 0 Å². The topological polar surface area (TPSA) is 122 Å². The Hall–Kier alpha value is -3.25. The van der Waals surface area contributed by atoms with Crippen LogP contribution in [-0.2, 0) is 0 Å². The number of piperidine rings is 1. The van der Waals surface area contributed by atoms with Crippen molar-refractivity contribution >= 4 is 23.2 Å². The number of amides is 1. The maximum Gasteiger partial charge on any atom is 0.288 e. The minimum atomic E-state index is -0.626. The lowest BCUT2D eigenvalue weighted by molar-refractivity contribution is -0.384. The van der Waals surface area contributed by atoms with Crippen molar-refractivity contribution in [1.29, 1.82) is 5.26 Å². The number of hydrogen-bond acceptors (Lipinski definition) is 7. The van der Waals surface area contributed by atoms with Gasteiger partial charge in [0.25, 0.3) is 17.5 Å². The predicted molar refractivity (Wildman–Crippen MR) is 94.4 cm³/mol. The van der Waals surface area contributed by atoms with E-state index in [2.05, 4.69) is 9.97 Å². The van der Waals surface area contributed by atoms with Gasteiger partial charge in [-0.15, -0.1) is 0 Å². The number of nitrogens with zero attached hydrogens (tertiary/aromatic N) is 5. The highest BCUT2D eigenvalue weighted by Gasteiger charge is 2.28. The van der Waals surface area contributed by atoms with E-state index in [0.717, 1.165) is 0 Å². The average molecular weight is 388 g/mol. The molecule has 9 nitrogen and oxygen atoms in total. The third-order valence-corrected chi connectivity index (χ3v) is 4.42. The molecule has 0 spiro atoms. The Morgan fingerprint density at radius 2 is 2.19 bits per heavy atom. The zero-order chi connectivity index (χ0) is 19.4. The molecule has 1 aromatic carbocycles. The van der Waals surface area contributed by atoms with Crippen molar-refractivity contribution in [1.82, 2.24) is 14.9 Å². The van der Waals surface area contributed by atoms with Crippen LogP contribution >= 0.6 is 11.6 Å². The van der Waals surface area contributed by atoms with Gasteiger partial charge in [-0.25, -0.2) is 9.97 Å². The fourth-order valence-corrected chi connectivity index (χ4v) is 3.02. The average Bonchev–Trinajstić information content (AvgIpc) is 2.68. The highest BCUT2D eigenvalue weighted by atomic mass is 35.5. The lowest BCUT2D eigenvalue weighted by Gasteiger charge is -2.32. The molecule has 1 atom stereocenters. The molecule has 0 saturated carbocycles. The van der Waals surface area contributed by atoms with Gasteiger partial charge in [-0.05, 0) is 25.0 Å². The standard InChI is InChI=1S/C17H14ClN5O4/c18-13-4-3-11(8-15(13)23(25)26)17(24)22-7-1-2-12(10-22)27-16-14(9-19)20-5-6-21-16/h3-6,8,12H,1-2,7,10H2. The third kappa shape index (κ3) is 4.12. The summed E-state index contributed by atoms with van der Waals surface area (Å²) in [7, 11) is 0. The number of ether oxygens (including phenoxy) is 1. The monoisotopic (exact) mass is 387 g/mol. The van der Waals surface area contributed by atoms with Crippen LogP contribution in [0, 0.1) is 21.4 Å². The molecule has 0 N–H and O–H groups in total. The number of hydrogen-bond donors (Lipinski definition) is 0. The maximum atomic E-state index is 12.7. The summed E-state index contributed by atoms with van der Waals surface area (Å²) in [5.74, 6) is -0.218. The molecule has 10 heteroatoms. The lowest BCUT2D eigenvalue weighted by atomic mass is 10.1. The van der Waals surface area contributed by atoms with Gasteiger partial charge in [-0.3, -0.25) is 14.9 Å². The number of carbonyl (C=O) groups is 1. The second-order valence-corrected chi connectivity index (χ2v) is 6.29. The van der Waals surface area contributed by atoms with E-state index in [1.165, 1.54) is 30.6 Å². The molecular formula is C17H14ClN5O4. The maximum absolute atomic E-state index is 12.7. The quantitative estimate of drug-likeness (QED) is 0.583. The highest BCUT2D eigenvalue weighted by Crippen LogP contribution is 2.26. The van der Waals surface area contributed by atoms with Gasteiger partial charge in [-0.1, -0.05) is 11.6 Å². The SMILES string of the molecule is N#Cc1nccnc1OC1CCCN(C(=O)c2ccc(Cl)c([N+](=O)[O-])c2)C1. The number of halogens is 1. The van der Waals surface area contributed by atoms with E-state index in [1.807, 2.05) is 6.07 Å². The van der Waals surface area contributed by atoms with E-state index < -0.39 is 4.92 Å². The van der Waals surface area contributed by atoms with Crippen LogP contribution < -0.4 is 4.74 Å². The molecule has 1 aliphatic heterocycles. The van der Waals surface area contributed by atoms with Crippen LogP contribution in [0.5, 0.6) is 5.88 Å². The van der Waals surface area contributed by atoms with Gasteiger partial charge in [0.15, 0.2) is 0 Å². The number of likely N-dealkylation sites (tertiary alicyclic amines) is 1. The Kier molecular flexibility index (Phi) is 5.47. The molecule has 3 rings (SSSR count). The first-order valence-corrected chi connectivity index (χ1v) is 8.48. The van der Waals surface area contributed by atoms with Crippen LogP contribution in [-0.4, -0.2) is 44.9 Å². The summed E-state index contributed by atoms with van der Waals surface area (Å²) < 4.78 is 5.76. The van der Waals surface area contributed by atoms with E-state index in [1.54, 1.807) is 4.90 Å². The fourth-order valence-electron chi connectivity index (χ4n) is 2.83. The number of nitro groups is 1. The van der Waals surface area contributed by atoms with E-state index in [0.29, 0.717) is 19.4 Å². The first-order valence-electron chi connectivity index (χ1n) is 8.10.